The van der Waals surface area contributed by atoms with E-state index in [-0.39, 0.29) is 5.82 Å². The molecular formula is C24H15FN6. The molecule has 0 aliphatic heterocycles. The second kappa shape index (κ2) is 6.84. The molecule has 0 bridgehead atoms. The van der Waals surface area contributed by atoms with E-state index in [9.17, 15) is 4.39 Å². The minimum absolute atomic E-state index is 0.285. The van der Waals surface area contributed by atoms with Gasteiger partial charge in [-0.15, -0.1) is 0 Å². The van der Waals surface area contributed by atoms with Crippen LogP contribution in [0.1, 0.15) is 0 Å². The molecule has 0 aliphatic rings. The molecule has 0 saturated heterocycles. The topological polar surface area (TPSA) is 83.1 Å². The van der Waals surface area contributed by atoms with E-state index in [2.05, 4.69) is 25.1 Å². The van der Waals surface area contributed by atoms with Gasteiger partial charge in [-0.05, 0) is 36.4 Å². The van der Waals surface area contributed by atoms with Crippen molar-refractivity contribution in [2.45, 2.75) is 0 Å². The SMILES string of the molecule is Fc1ccccc1-c1cncc2[nH]c(-c3n[nH]c4ccc(-c5cccnc5)nc34)cc12. The molecular weight excluding hydrogens is 391 g/mol. The van der Waals surface area contributed by atoms with Crippen molar-refractivity contribution in [1.82, 2.24) is 30.1 Å². The zero-order valence-corrected chi connectivity index (χ0v) is 16.2. The Kier molecular flexibility index (Phi) is 3.86. The van der Waals surface area contributed by atoms with E-state index in [0.29, 0.717) is 11.3 Å². The second-order valence-electron chi connectivity index (χ2n) is 7.22. The Balaban J connectivity index is 1.53. The van der Waals surface area contributed by atoms with Gasteiger partial charge in [-0.25, -0.2) is 9.37 Å². The summed E-state index contributed by atoms with van der Waals surface area (Å²) in [7, 11) is 0. The highest BCUT2D eigenvalue weighted by atomic mass is 19.1. The molecule has 5 heterocycles. The van der Waals surface area contributed by atoms with Crippen molar-refractivity contribution in [2.24, 2.45) is 0 Å². The molecule has 0 atom stereocenters. The average Bonchev–Trinajstić information content (AvgIpc) is 3.43. The minimum atomic E-state index is -0.285. The van der Waals surface area contributed by atoms with Crippen LogP contribution in [0.5, 0.6) is 0 Å². The lowest BCUT2D eigenvalue weighted by atomic mass is 10.0. The minimum Gasteiger partial charge on any atom is -0.352 e. The van der Waals surface area contributed by atoms with Crippen molar-refractivity contribution in [2.75, 3.05) is 0 Å². The lowest BCUT2D eigenvalue weighted by molar-refractivity contribution is 0.631. The number of nitrogens with zero attached hydrogens (tertiary/aromatic N) is 4. The molecule has 0 radical (unpaired) electrons. The monoisotopic (exact) mass is 406 g/mol. The van der Waals surface area contributed by atoms with Gasteiger partial charge in [0, 0.05) is 40.7 Å². The largest absolute Gasteiger partial charge is 0.352 e. The lowest BCUT2D eigenvalue weighted by Crippen LogP contribution is -1.86. The molecule has 0 saturated carbocycles. The number of fused-ring (bicyclic) bond motifs is 2. The van der Waals surface area contributed by atoms with Crippen LogP contribution in [0, 0.1) is 5.82 Å². The molecule has 148 valence electrons. The van der Waals surface area contributed by atoms with Gasteiger partial charge in [0.15, 0.2) is 0 Å². The van der Waals surface area contributed by atoms with Gasteiger partial charge >= 0.3 is 0 Å². The Hall–Kier alpha value is -4.39. The molecule has 7 heteroatoms. The van der Waals surface area contributed by atoms with Crippen LogP contribution >= 0.6 is 0 Å². The Morgan fingerprint density at radius 3 is 2.61 bits per heavy atom. The smallest absolute Gasteiger partial charge is 0.135 e. The maximum absolute atomic E-state index is 14.4. The molecule has 6 aromatic rings. The lowest BCUT2D eigenvalue weighted by Gasteiger charge is -2.03. The van der Waals surface area contributed by atoms with Gasteiger partial charge in [0.25, 0.3) is 0 Å². The van der Waals surface area contributed by atoms with Gasteiger partial charge in [-0.2, -0.15) is 5.10 Å². The zero-order valence-electron chi connectivity index (χ0n) is 16.2. The molecule has 0 amide bonds. The van der Waals surface area contributed by atoms with E-state index in [1.165, 1.54) is 6.07 Å². The number of halogens is 1. The van der Waals surface area contributed by atoms with Crippen LogP contribution < -0.4 is 0 Å². The predicted molar refractivity (Wildman–Crippen MR) is 118 cm³/mol. The van der Waals surface area contributed by atoms with Crippen molar-refractivity contribution in [3.8, 4) is 33.8 Å². The number of H-pyrrole nitrogens is 2. The Morgan fingerprint density at radius 1 is 0.806 bits per heavy atom. The first-order valence-electron chi connectivity index (χ1n) is 9.75. The Labute approximate surface area is 175 Å². The van der Waals surface area contributed by atoms with Crippen LogP contribution in [0.4, 0.5) is 4.39 Å². The number of aromatic nitrogens is 6. The first-order chi connectivity index (χ1) is 15.3. The molecule has 0 spiro atoms. The first kappa shape index (κ1) is 17.5. The van der Waals surface area contributed by atoms with Crippen LogP contribution in [0.25, 0.3) is 55.7 Å². The molecule has 2 N–H and O–H groups in total. The fourth-order valence-corrected chi connectivity index (χ4v) is 3.83. The fraction of sp³-hybridized carbons (Fsp3) is 0. The third kappa shape index (κ3) is 2.86. The molecule has 6 rings (SSSR count). The van der Waals surface area contributed by atoms with E-state index < -0.39 is 0 Å². The Morgan fingerprint density at radius 2 is 1.74 bits per heavy atom. The van der Waals surface area contributed by atoms with E-state index >= 15 is 0 Å². The predicted octanol–water partition coefficient (Wildman–Crippen LogP) is 5.37. The van der Waals surface area contributed by atoms with E-state index in [1.807, 2.05) is 36.4 Å². The fourth-order valence-electron chi connectivity index (χ4n) is 3.83. The van der Waals surface area contributed by atoms with Crippen molar-refractivity contribution < 1.29 is 4.39 Å². The highest BCUT2D eigenvalue weighted by Gasteiger charge is 2.16. The molecule has 0 aliphatic carbocycles. The number of benzene rings is 1. The summed E-state index contributed by atoms with van der Waals surface area (Å²) in [6.45, 7) is 0. The third-order valence-electron chi connectivity index (χ3n) is 5.33. The maximum Gasteiger partial charge on any atom is 0.135 e. The van der Waals surface area contributed by atoms with Gasteiger partial charge in [-0.1, -0.05) is 18.2 Å². The number of pyridine rings is 3. The van der Waals surface area contributed by atoms with Gasteiger partial charge in [0.1, 0.15) is 17.0 Å². The summed E-state index contributed by atoms with van der Waals surface area (Å²) < 4.78 is 14.4. The summed E-state index contributed by atoms with van der Waals surface area (Å²) in [5.74, 6) is -0.285. The van der Waals surface area contributed by atoms with E-state index in [1.54, 1.807) is 36.9 Å². The molecule has 6 nitrogen and oxygen atoms in total. The first-order valence-corrected chi connectivity index (χ1v) is 9.75. The average molecular weight is 406 g/mol. The van der Waals surface area contributed by atoms with Gasteiger partial charge in [0.05, 0.1) is 28.6 Å². The van der Waals surface area contributed by atoms with E-state index in [4.69, 9.17) is 4.98 Å². The van der Waals surface area contributed by atoms with Crippen LogP contribution in [0.15, 0.2) is 79.4 Å². The summed E-state index contributed by atoms with van der Waals surface area (Å²) in [5.41, 5.74) is 6.82. The maximum atomic E-state index is 14.4. The normalized spacial score (nSPS) is 11.4. The second-order valence-corrected chi connectivity index (χ2v) is 7.22. The number of aromatic amines is 2. The van der Waals surface area contributed by atoms with Crippen molar-refractivity contribution in [3.05, 3.63) is 85.2 Å². The van der Waals surface area contributed by atoms with Crippen LogP contribution in [0.2, 0.25) is 0 Å². The molecule has 0 unspecified atom stereocenters. The van der Waals surface area contributed by atoms with Crippen molar-refractivity contribution in [3.63, 3.8) is 0 Å². The number of rotatable bonds is 3. The number of hydrogen-bond donors (Lipinski definition) is 2. The van der Waals surface area contributed by atoms with Gasteiger partial charge in [-0.3, -0.25) is 15.1 Å². The summed E-state index contributed by atoms with van der Waals surface area (Å²) >= 11 is 0. The summed E-state index contributed by atoms with van der Waals surface area (Å²) in [5, 5.41) is 8.40. The standard InChI is InChI=1S/C24H15FN6/c25-18-6-2-1-5-15(18)17-12-27-13-22-16(17)10-21(28-22)24-23-20(30-31-24)8-7-19(29-23)14-4-3-9-26-11-14/h1-13,28H,(H,30,31). The highest BCUT2D eigenvalue weighted by Crippen LogP contribution is 2.34. The molecule has 0 fully saturated rings. The van der Waals surface area contributed by atoms with E-state index in [0.717, 1.165) is 44.5 Å². The number of nitrogens with one attached hydrogen (secondary N) is 2. The summed E-state index contributed by atoms with van der Waals surface area (Å²) in [4.78, 5) is 16.6. The van der Waals surface area contributed by atoms with Gasteiger partial charge < -0.3 is 4.98 Å². The molecule has 5 aromatic heterocycles. The quantitative estimate of drug-likeness (QED) is 0.414. The highest BCUT2D eigenvalue weighted by molar-refractivity contribution is 6.00. The van der Waals surface area contributed by atoms with Crippen molar-refractivity contribution in [1.29, 1.82) is 0 Å². The van der Waals surface area contributed by atoms with Crippen molar-refractivity contribution >= 4 is 21.9 Å². The summed E-state index contributed by atoms with van der Waals surface area (Å²) in [6.07, 6.45) is 6.92. The molecule has 1 aromatic carbocycles. The Bertz CT molecular complexity index is 1550. The van der Waals surface area contributed by atoms with Crippen LogP contribution in [0.3, 0.4) is 0 Å². The third-order valence-corrected chi connectivity index (χ3v) is 5.33. The zero-order chi connectivity index (χ0) is 20.8. The van der Waals surface area contributed by atoms with Crippen LogP contribution in [-0.2, 0) is 0 Å². The number of hydrogen-bond acceptors (Lipinski definition) is 4. The van der Waals surface area contributed by atoms with Gasteiger partial charge in [0.2, 0.25) is 0 Å². The summed E-state index contributed by atoms with van der Waals surface area (Å²) in [6, 6.07) is 16.4. The van der Waals surface area contributed by atoms with Crippen LogP contribution in [-0.4, -0.2) is 30.1 Å². The molecule has 31 heavy (non-hydrogen) atoms.